The molecule has 4 heteroatoms. The number of benzene rings is 3. The highest BCUT2D eigenvalue weighted by atomic mass is 19.3. The van der Waals surface area contributed by atoms with Gasteiger partial charge in [-0.2, -0.15) is 8.78 Å². The van der Waals surface area contributed by atoms with Crippen molar-refractivity contribution < 1.29 is 17.6 Å². The van der Waals surface area contributed by atoms with Gasteiger partial charge in [0.2, 0.25) is 0 Å². The Morgan fingerprint density at radius 1 is 0.903 bits per heavy atom. The molecule has 0 unspecified atom stereocenters. The molecule has 1 fully saturated rings. The van der Waals surface area contributed by atoms with Crippen LogP contribution in [0, 0.1) is 17.6 Å². The average molecular weight is 426 g/mol. The normalized spacial score (nSPS) is 18.9. The number of halogens is 4. The zero-order valence-corrected chi connectivity index (χ0v) is 17.6. The van der Waals surface area contributed by atoms with Crippen molar-refractivity contribution in [2.75, 3.05) is 0 Å². The Kier molecular flexibility index (Phi) is 6.45. The van der Waals surface area contributed by atoms with Crippen LogP contribution in [-0.2, 0) is 0 Å². The first kappa shape index (κ1) is 21.6. The fourth-order valence-electron chi connectivity index (χ4n) is 4.91. The average Bonchev–Trinajstić information content (AvgIpc) is 2.77. The van der Waals surface area contributed by atoms with Crippen LogP contribution in [0.25, 0.3) is 28.0 Å². The summed E-state index contributed by atoms with van der Waals surface area (Å²) in [6.07, 6.45) is 5.74. The van der Waals surface area contributed by atoms with Crippen molar-refractivity contribution in [1.82, 2.24) is 0 Å². The molecule has 0 heterocycles. The molecule has 0 amide bonds. The minimum Gasteiger partial charge on any atom is -0.206 e. The number of hydrogen-bond donors (Lipinski definition) is 0. The molecule has 3 aromatic rings. The molecular formula is C27H26F4. The Morgan fingerprint density at radius 2 is 1.58 bits per heavy atom. The summed E-state index contributed by atoms with van der Waals surface area (Å²) in [6.45, 7) is 2.25. The van der Waals surface area contributed by atoms with Crippen LogP contribution in [0.1, 0.15) is 62.5 Å². The molecule has 1 saturated carbocycles. The number of hydrogen-bond acceptors (Lipinski definition) is 0. The van der Waals surface area contributed by atoms with Crippen molar-refractivity contribution in [2.24, 2.45) is 5.92 Å². The molecular weight excluding hydrogens is 400 g/mol. The summed E-state index contributed by atoms with van der Waals surface area (Å²) in [5.41, 5.74) is 2.44. The van der Waals surface area contributed by atoms with E-state index < -0.39 is 23.3 Å². The van der Waals surface area contributed by atoms with E-state index in [4.69, 9.17) is 0 Å². The highest BCUT2D eigenvalue weighted by Crippen LogP contribution is 2.38. The van der Waals surface area contributed by atoms with Crippen molar-refractivity contribution >= 4 is 16.8 Å². The Bertz CT molecular complexity index is 1090. The Balaban J connectivity index is 1.57. The van der Waals surface area contributed by atoms with Gasteiger partial charge in [-0.3, -0.25) is 0 Å². The summed E-state index contributed by atoms with van der Waals surface area (Å²) in [5, 5.41) is 0.473. The topological polar surface area (TPSA) is 0 Å². The van der Waals surface area contributed by atoms with E-state index in [1.54, 1.807) is 12.1 Å². The molecule has 1 aliphatic carbocycles. The van der Waals surface area contributed by atoms with Crippen molar-refractivity contribution in [3.05, 3.63) is 77.4 Å². The van der Waals surface area contributed by atoms with Crippen LogP contribution in [0.15, 0.2) is 54.6 Å². The van der Waals surface area contributed by atoms with Gasteiger partial charge in [-0.05, 0) is 71.7 Å². The lowest BCUT2D eigenvalue weighted by molar-refractivity contribution is 0.308. The molecule has 3 aromatic carbocycles. The van der Waals surface area contributed by atoms with Gasteiger partial charge in [-0.15, -0.1) is 0 Å². The van der Waals surface area contributed by atoms with E-state index in [9.17, 15) is 17.6 Å². The van der Waals surface area contributed by atoms with Gasteiger partial charge in [0.1, 0.15) is 11.6 Å². The summed E-state index contributed by atoms with van der Waals surface area (Å²) in [6, 6.07) is 14.5. The smallest absolute Gasteiger partial charge is 0.206 e. The molecule has 0 N–H and O–H groups in total. The minimum absolute atomic E-state index is 0.123. The molecule has 0 bridgehead atoms. The largest absolute Gasteiger partial charge is 0.271 e. The predicted octanol–water partition coefficient (Wildman–Crippen LogP) is 9.10. The molecule has 4 rings (SSSR count). The second-order valence-electron chi connectivity index (χ2n) is 8.58. The number of rotatable bonds is 5. The van der Waals surface area contributed by atoms with Gasteiger partial charge in [0.25, 0.3) is 6.08 Å². The van der Waals surface area contributed by atoms with Crippen LogP contribution in [0.5, 0.6) is 0 Å². The van der Waals surface area contributed by atoms with E-state index in [0.29, 0.717) is 11.3 Å². The van der Waals surface area contributed by atoms with Crippen LogP contribution in [-0.4, -0.2) is 0 Å². The molecule has 0 radical (unpaired) electrons. The zero-order valence-electron chi connectivity index (χ0n) is 17.6. The quantitative estimate of drug-likeness (QED) is 0.357. The van der Waals surface area contributed by atoms with Gasteiger partial charge in [0.15, 0.2) is 0 Å². The van der Waals surface area contributed by atoms with Crippen LogP contribution < -0.4 is 0 Å². The summed E-state index contributed by atoms with van der Waals surface area (Å²) in [4.78, 5) is 0. The lowest BCUT2D eigenvalue weighted by Crippen LogP contribution is -2.13. The van der Waals surface area contributed by atoms with Crippen LogP contribution in [0.4, 0.5) is 17.6 Å². The maximum absolute atomic E-state index is 14.5. The van der Waals surface area contributed by atoms with Crippen LogP contribution in [0.3, 0.4) is 0 Å². The van der Waals surface area contributed by atoms with E-state index in [-0.39, 0.29) is 11.5 Å². The van der Waals surface area contributed by atoms with Gasteiger partial charge < -0.3 is 0 Å². The molecule has 0 aromatic heterocycles. The summed E-state index contributed by atoms with van der Waals surface area (Å²) >= 11 is 0. The highest BCUT2D eigenvalue weighted by Gasteiger charge is 2.21. The van der Waals surface area contributed by atoms with Gasteiger partial charge in [0, 0.05) is 11.5 Å². The van der Waals surface area contributed by atoms with Crippen molar-refractivity contribution in [3.63, 3.8) is 0 Å². The zero-order chi connectivity index (χ0) is 22.0. The van der Waals surface area contributed by atoms with Gasteiger partial charge in [-0.1, -0.05) is 56.2 Å². The summed E-state index contributed by atoms with van der Waals surface area (Å²) in [7, 11) is 0. The fourth-order valence-corrected chi connectivity index (χ4v) is 4.91. The van der Waals surface area contributed by atoms with Gasteiger partial charge >= 0.3 is 0 Å². The molecule has 0 spiro atoms. The second-order valence-corrected chi connectivity index (χ2v) is 8.58. The lowest BCUT2D eigenvalue weighted by atomic mass is 9.77. The van der Waals surface area contributed by atoms with Gasteiger partial charge in [0.05, 0.1) is 5.56 Å². The highest BCUT2D eigenvalue weighted by molar-refractivity contribution is 5.89. The molecule has 0 saturated heterocycles. The van der Waals surface area contributed by atoms with Crippen LogP contribution >= 0.6 is 0 Å². The SMILES string of the molecule is CCCC1CCC(c2ccc(-c3ccc4c(F)c(C=C(F)F)c(F)cc4c3)cc2)CC1. The number of fused-ring (bicyclic) bond motifs is 1. The fraction of sp³-hybridized carbons (Fsp3) is 0.333. The third-order valence-electron chi connectivity index (χ3n) is 6.58. The molecule has 0 atom stereocenters. The first-order valence-corrected chi connectivity index (χ1v) is 11.0. The Morgan fingerprint density at radius 3 is 2.23 bits per heavy atom. The third-order valence-corrected chi connectivity index (χ3v) is 6.58. The van der Waals surface area contributed by atoms with Crippen molar-refractivity contribution in [2.45, 2.75) is 51.4 Å². The Labute approximate surface area is 180 Å². The van der Waals surface area contributed by atoms with Gasteiger partial charge in [-0.25, -0.2) is 8.78 Å². The molecule has 162 valence electrons. The van der Waals surface area contributed by atoms with Crippen molar-refractivity contribution in [3.8, 4) is 11.1 Å². The maximum atomic E-state index is 14.5. The second kappa shape index (κ2) is 9.25. The monoisotopic (exact) mass is 426 g/mol. The van der Waals surface area contributed by atoms with E-state index in [1.807, 2.05) is 0 Å². The summed E-state index contributed by atoms with van der Waals surface area (Å²) < 4.78 is 53.8. The lowest BCUT2D eigenvalue weighted by Gasteiger charge is -2.28. The summed E-state index contributed by atoms with van der Waals surface area (Å²) in [5.74, 6) is -0.493. The minimum atomic E-state index is -2.13. The molecule has 1 aliphatic rings. The van der Waals surface area contributed by atoms with E-state index in [0.717, 1.165) is 23.1 Å². The predicted molar refractivity (Wildman–Crippen MR) is 119 cm³/mol. The standard InChI is InChI=1S/C27H26F4/c1-2-3-17-4-6-18(7-5-17)19-8-10-20(11-9-19)21-12-13-23-22(14-21)15-25(28)24(27(23)31)16-26(29)30/h8-18H,2-7H2,1H3. The molecule has 0 aliphatic heterocycles. The van der Waals surface area contributed by atoms with E-state index >= 15 is 0 Å². The van der Waals surface area contributed by atoms with E-state index in [2.05, 4.69) is 31.2 Å². The molecule has 0 nitrogen and oxygen atoms in total. The van der Waals surface area contributed by atoms with Crippen molar-refractivity contribution in [1.29, 1.82) is 0 Å². The molecule has 31 heavy (non-hydrogen) atoms. The first-order valence-electron chi connectivity index (χ1n) is 11.0. The third kappa shape index (κ3) is 4.68. The van der Waals surface area contributed by atoms with E-state index in [1.165, 1.54) is 50.2 Å². The first-order chi connectivity index (χ1) is 15.0. The Hall–Kier alpha value is -2.62. The maximum Gasteiger partial charge on any atom is 0.271 e. The van der Waals surface area contributed by atoms with Crippen LogP contribution in [0.2, 0.25) is 0 Å².